The Labute approximate surface area is 111 Å². The molecule has 1 atom stereocenters. The zero-order chi connectivity index (χ0) is 13.2. The van der Waals surface area contributed by atoms with E-state index in [1.54, 1.807) is 0 Å². The molecular weight excluding hydrogens is 226 g/mol. The van der Waals surface area contributed by atoms with Crippen molar-refractivity contribution in [3.8, 4) is 0 Å². The van der Waals surface area contributed by atoms with Gasteiger partial charge in [0.05, 0.1) is 0 Å². The number of likely N-dealkylation sites (N-methyl/N-ethyl adjacent to an activating group) is 1. The highest BCUT2D eigenvalue weighted by atomic mass is 16.1. The number of hydrogen-bond acceptors (Lipinski definition) is 3. The Balaban J connectivity index is 2.02. The number of amides is 1. The molecule has 0 spiro atoms. The summed E-state index contributed by atoms with van der Waals surface area (Å²) in [6.07, 6.45) is 5.47. The monoisotopic (exact) mass is 255 g/mol. The number of carbonyl (C=O) groups excluding carboxylic acids is 1. The molecule has 1 amide bonds. The summed E-state index contributed by atoms with van der Waals surface area (Å²) in [4.78, 5) is 14.0. The van der Waals surface area contributed by atoms with Gasteiger partial charge in [0.25, 0.3) is 0 Å². The van der Waals surface area contributed by atoms with Crippen molar-refractivity contribution in [2.75, 3.05) is 32.7 Å². The largest absolute Gasteiger partial charge is 0.355 e. The van der Waals surface area contributed by atoms with Crippen molar-refractivity contribution in [1.82, 2.24) is 15.5 Å². The molecule has 0 bridgehead atoms. The molecule has 1 aliphatic rings. The van der Waals surface area contributed by atoms with Crippen LogP contribution in [0.25, 0.3) is 0 Å². The maximum atomic E-state index is 11.7. The molecule has 2 N–H and O–H groups in total. The van der Waals surface area contributed by atoms with Crippen molar-refractivity contribution in [2.45, 2.75) is 52.0 Å². The van der Waals surface area contributed by atoms with E-state index in [1.807, 2.05) is 0 Å². The molecule has 0 radical (unpaired) electrons. The maximum absolute atomic E-state index is 11.7. The van der Waals surface area contributed by atoms with Gasteiger partial charge < -0.3 is 15.5 Å². The van der Waals surface area contributed by atoms with Gasteiger partial charge in [0.2, 0.25) is 5.91 Å². The Morgan fingerprint density at radius 1 is 1.33 bits per heavy atom. The zero-order valence-corrected chi connectivity index (χ0v) is 12.0. The lowest BCUT2D eigenvalue weighted by Crippen LogP contribution is -2.37. The van der Waals surface area contributed by atoms with E-state index < -0.39 is 0 Å². The first-order chi connectivity index (χ1) is 8.76. The summed E-state index contributed by atoms with van der Waals surface area (Å²) < 4.78 is 0. The van der Waals surface area contributed by atoms with Crippen LogP contribution in [0.1, 0.15) is 46.0 Å². The molecule has 18 heavy (non-hydrogen) atoms. The van der Waals surface area contributed by atoms with Crippen LogP contribution in [0.15, 0.2) is 0 Å². The van der Waals surface area contributed by atoms with Crippen LogP contribution in [0, 0.1) is 0 Å². The molecular formula is C14H29N3O. The highest BCUT2D eigenvalue weighted by Crippen LogP contribution is 2.11. The van der Waals surface area contributed by atoms with Gasteiger partial charge in [-0.3, -0.25) is 4.79 Å². The third kappa shape index (κ3) is 6.36. The average Bonchev–Trinajstić information content (AvgIpc) is 2.42. The predicted molar refractivity (Wildman–Crippen MR) is 75.7 cm³/mol. The minimum atomic E-state index is 0.203. The normalized spacial score (nSPS) is 20.1. The number of piperidine rings is 1. The Kier molecular flexibility index (Phi) is 8.01. The summed E-state index contributed by atoms with van der Waals surface area (Å²) >= 11 is 0. The average molecular weight is 255 g/mol. The van der Waals surface area contributed by atoms with Crippen molar-refractivity contribution < 1.29 is 4.79 Å². The fourth-order valence-electron chi connectivity index (χ4n) is 2.46. The van der Waals surface area contributed by atoms with Gasteiger partial charge in [0.15, 0.2) is 0 Å². The van der Waals surface area contributed by atoms with E-state index in [0.29, 0.717) is 12.5 Å². The molecule has 0 aromatic carbocycles. The second-order valence-electron chi connectivity index (χ2n) is 5.06. The van der Waals surface area contributed by atoms with Crippen molar-refractivity contribution in [3.63, 3.8) is 0 Å². The third-order valence-corrected chi connectivity index (χ3v) is 3.78. The number of rotatable bonds is 8. The van der Waals surface area contributed by atoms with Crippen LogP contribution in [0.3, 0.4) is 0 Å². The van der Waals surface area contributed by atoms with E-state index in [4.69, 9.17) is 0 Å². The molecule has 1 rings (SSSR count). The molecule has 1 aliphatic heterocycles. The van der Waals surface area contributed by atoms with Crippen LogP contribution in [0.5, 0.6) is 0 Å². The summed E-state index contributed by atoms with van der Waals surface area (Å²) in [5.74, 6) is 0.203. The van der Waals surface area contributed by atoms with Gasteiger partial charge in [0.1, 0.15) is 0 Å². The smallest absolute Gasteiger partial charge is 0.220 e. The highest BCUT2D eigenvalue weighted by molar-refractivity contribution is 5.75. The second-order valence-corrected chi connectivity index (χ2v) is 5.06. The fourth-order valence-corrected chi connectivity index (χ4v) is 2.46. The lowest BCUT2D eigenvalue weighted by Gasteiger charge is -2.23. The molecule has 0 aliphatic carbocycles. The Hall–Kier alpha value is -0.610. The zero-order valence-electron chi connectivity index (χ0n) is 12.0. The van der Waals surface area contributed by atoms with Gasteiger partial charge in [-0.1, -0.05) is 20.3 Å². The fraction of sp³-hybridized carbons (Fsp3) is 0.929. The number of carbonyl (C=O) groups is 1. The highest BCUT2D eigenvalue weighted by Gasteiger charge is 2.13. The van der Waals surface area contributed by atoms with Crippen LogP contribution in [-0.4, -0.2) is 49.6 Å². The van der Waals surface area contributed by atoms with Gasteiger partial charge in [-0.05, 0) is 38.9 Å². The van der Waals surface area contributed by atoms with Crippen molar-refractivity contribution in [2.24, 2.45) is 0 Å². The van der Waals surface area contributed by atoms with Gasteiger partial charge in [-0.15, -0.1) is 0 Å². The van der Waals surface area contributed by atoms with E-state index >= 15 is 0 Å². The third-order valence-electron chi connectivity index (χ3n) is 3.78. The summed E-state index contributed by atoms with van der Waals surface area (Å²) in [6.45, 7) is 9.27. The number of nitrogens with zero attached hydrogens (tertiary/aromatic N) is 1. The predicted octanol–water partition coefficient (Wildman–Crippen LogP) is 1.37. The summed E-state index contributed by atoms with van der Waals surface area (Å²) in [5.41, 5.74) is 0. The van der Waals surface area contributed by atoms with Crippen molar-refractivity contribution >= 4 is 5.91 Å². The van der Waals surface area contributed by atoms with Crippen LogP contribution in [-0.2, 0) is 4.79 Å². The van der Waals surface area contributed by atoms with Gasteiger partial charge in [-0.25, -0.2) is 0 Å². The first-order valence-electron chi connectivity index (χ1n) is 7.48. The molecule has 1 saturated heterocycles. The molecule has 0 aromatic rings. The molecule has 1 heterocycles. The Bertz CT molecular complexity index is 223. The molecule has 4 nitrogen and oxygen atoms in total. The number of nitrogens with one attached hydrogen (secondary N) is 2. The van der Waals surface area contributed by atoms with Crippen molar-refractivity contribution in [1.29, 1.82) is 0 Å². The van der Waals surface area contributed by atoms with Crippen LogP contribution >= 0.6 is 0 Å². The Morgan fingerprint density at radius 3 is 2.72 bits per heavy atom. The molecule has 0 aromatic heterocycles. The van der Waals surface area contributed by atoms with Gasteiger partial charge in [-0.2, -0.15) is 0 Å². The first-order valence-corrected chi connectivity index (χ1v) is 7.48. The first kappa shape index (κ1) is 15.4. The molecule has 1 fully saturated rings. The molecule has 0 saturated carbocycles. The van der Waals surface area contributed by atoms with E-state index in [1.165, 1.54) is 19.3 Å². The molecule has 4 heteroatoms. The molecule has 106 valence electrons. The SMILES string of the molecule is CCN(CC)CCNC(=O)CCC1CCCCN1. The second kappa shape index (κ2) is 9.34. The molecule has 1 unspecified atom stereocenters. The number of hydrogen-bond donors (Lipinski definition) is 2. The minimum absolute atomic E-state index is 0.203. The topological polar surface area (TPSA) is 44.4 Å². The van der Waals surface area contributed by atoms with Gasteiger partial charge in [0, 0.05) is 25.6 Å². The van der Waals surface area contributed by atoms with Crippen LogP contribution < -0.4 is 10.6 Å². The van der Waals surface area contributed by atoms with Crippen LogP contribution in [0.4, 0.5) is 0 Å². The van der Waals surface area contributed by atoms with Crippen molar-refractivity contribution in [3.05, 3.63) is 0 Å². The van der Waals surface area contributed by atoms with Crippen LogP contribution in [0.2, 0.25) is 0 Å². The standard InChI is InChI=1S/C14H29N3O/c1-3-17(4-2)12-11-16-14(18)9-8-13-7-5-6-10-15-13/h13,15H,3-12H2,1-2H3,(H,16,18). The van der Waals surface area contributed by atoms with E-state index in [-0.39, 0.29) is 5.91 Å². The lowest BCUT2D eigenvalue weighted by atomic mass is 10.0. The minimum Gasteiger partial charge on any atom is -0.355 e. The summed E-state index contributed by atoms with van der Waals surface area (Å²) in [7, 11) is 0. The van der Waals surface area contributed by atoms with E-state index in [0.717, 1.165) is 39.1 Å². The van der Waals surface area contributed by atoms with Gasteiger partial charge >= 0.3 is 0 Å². The van der Waals surface area contributed by atoms with E-state index in [9.17, 15) is 4.79 Å². The lowest BCUT2D eigenvalue weighted by molar-refractivity contribution is -0.121. The summed E-state index contributed by atoms with van der Waals surface area (Å²) in [5, 5.41) is 6.49. The maximum Gasteiger partial charge on any atom is 0.220 e. The quantitative estimate of drug-likeness (QED) is 0.688. The van der Waals surface area contributed by atoms with E-state index in [2.05, 4.69) is 29.4 Å². The summed E-state index contributed by atoms with van der Waals surface area (Å²) in [6, 6.07) is 0.562. The Morgan fingerprint density at radius 2 is 2.11 bits per heavy atom.